The number of anilines is 1. The molecule has 0 unspecified atom stereocenters. The van der Waals surface area contributed by atoms with Gasteiger partial charge in [0.15, 0.2) is 0 Å². The quantitative estimate of drug-likeness (QED) is 0.785. The highest BCUT2D eigenvalue weighted by atomic mass is 19.4. The molecule has 1 aromatic carbocycles. The number of carbonyl (C=O) groups excluding carboxylic acids is 1. The molecule has 7 heteroatoms. The molecule has 4 nitrogen and oxygen atoms in total. The molecule has 156 valence electrons. The second kappa shape index (κ2) is 8.72. The van der Waals surface area contributed by atoms with Gasteiger partial charge in [0.25, 0.3) is 0 Å². The molecule has 2 aliphatic heterocycles. The van der Waals surface area contributed by atoms with Crippen molar-refractivity contribution in [2.45, 2.75) is 39.3 Å². The van der Waals surface area contributed by atoms with E-state index in [1.165, 1.54) is 24.6 Å². The van der Waals surface area contributed by atoms with Crippen molar-refractivity contribution in [1.82, 2.24) is 9.80 Å². The summed E-state index contributed by atoms with van der Waals surface area (Å²) in [5.74, 6) is 2.00. The number of halogens is 3. The standard InChI is InChI=1S/C21H30F3N3O/c1-15-11-16(2)13-26(12-15)14-17-7-9-27(10-8-17)20(28)25-19-6-4-3-5-18(19)21(22,23)24/h3-6,15-17H,7-14H2,1-2H3,(H,25,28)/t15-,16+. The van der Waals surface area contributed by atoms with E-state index in [9.17, 15) is 18.0 Å². The first-order valence-corrected chi connectivity index (χ1v) is 10.2. The summed E-state index contributed by atoms with van der Waals surface area (Å²) in [7, 11) is 0. The van der Waals surface area contributed by atoms with Crippen LogP contribution in [0.3, 0.4) is 0 Å². The van der Waals surface area contributed by atoms with Crippen LogP contribution in [-0.4, -0.2) is 48.6 Å². The Morgan fingerprint density at radius 3 is 2.32 bits per heavy atom. The van der Waals surface area contributed by atoms with E-state index in [1.54, 1.807) is 4.90 Å². The second-order valence-electron chi connectivity index (χ2n) is 8.57. The minimum atomic E-state index is -4.49. The maximum absolute atomic E-state index is 13.1. The Bertz CT molecular complexity index is 661. The largest absolute Gasteiger partial charge is 0.418 e. The van der Waals surface area contributed by atoms with Gasteiger partial charge in [-0.2, -0.15) is 13.2 Å². The predicted molar refractivity (Wildman–Crippen MR) is 104 cm³/mol. The van der Waals surface area contributed by atoms with Gasteiger partial charge in [-0.25, -0.2) is 4.79 Å². The SMILES string of the molecule is C[C@@H]1C[C@H](C)CN(CC2CCN(C(=O)Nc3ccccc3C(F)(F)F)CC2)C1. The third-order valence-corrected chi connectivity index (χ3v) is 5.84. The van der Waals surface area contributed by atoms with Crippen molar-refractivity contribution in [3.8, 4) is 0 Å². The lowest BCUT2D eigenvalue weighted by Crippen LogP contribution is -2.46. The van der Waals surface area contributed by atoms with Crippen molar-refractivity contribution in [1.29, 1.82) is 0 Å². The van der Waals surface area contributed by atoms with Gasteiger partial charge in [0, 0.05) is 32.7 Å². The lowest BCUT2D eigenvalue weighted by atomic mass is 9.89. The highest BCUT2D eigenvalue weighted by Crippen LogP contribution is 2.34. The van der Waals surface area contributed by atoms with E-state index in [0.29, 0.717) is 19.0 Å². The van der Waals surface area contributed by atoms with Crippen LogP contribution in [0.2, 0.25) is 0 Å². The Labute approximate surface area is 165 Å². The Morgan fingerprint density at radius 2 is 1.71 bits per heavy atom. The highest BCUT2D eigenvalue weighted by Gasteiger charge is 2.34. The third kappa shape index (κ3) is 5.40. The van der Waals surface area contributed by atoms with E-state index in [-0.39, 0.29) is 5.69 Å². The Hall–Kier alpha value is -1.76. The maximum atomic E-state index is 13.1. The number of likely N-dealkylation sites (tertiary alicyclic amines) is 2. The number of para-hydroxylation sites is 1. The Kier molecular flexibility index (Phi) is 6.53. The van der Waals surface area contributed by atoms with Crippen molar-refractivity contribution in [3.63, 3.8) is 0 Å². The molecule has 0 radical (unpaired) electrons. The second-order valence-corrected chi connectivity index (χ2v) is 8.57. The van der Waals surface area contributed by atoms with Gasteiger partial charge in [-0.15, -0.1) is 0 Å². The van der Waals surface area contributed by atoms with Gasteiger partial charge in [0.2, 0.25) is 0 Å². The van der Waals surface area contributed by atoms with Gasteiger partial charge in [-0.05, 0) is 49.1 Å². The maximum Gasteiger partial charge on any atom is 0.418 e. The minimum Gasteiger partial charge on any atom is -0.325 e. The molecule has 2 fully saturated rings. The summed E-state index contributed by atoms with van der Waals surface area (Å²) < 4.78 is 39.3. The molecule has 0 aromatic heterocycles. The van der Waals surface area contributed by atoms with Gasteiger partial charge >= 0.3 is 12.2 Å². The van der Waals surface area contributed by atoms with E-state index in [4.69, 9.17) is 0 Å². The summed E-state index contributed by atoms with van der Waals surface area (Å²) in [6.07, 6.45) is -1.41. The molecule has 0 spiro atoms. The molecule has 1 N–H and O–H groups in total. The highest BCUT2D eigenvalue weighted by molar-refractivity contribution is 5.90. The average Bonchev–Trinajstić information content (AvgIpc) is 2.61. The number of benzene rings is 1. The number of amides is 2. The van der Waals surface area contributed by atoms with Crippen LogP contribution >= 0.6 is 0 Å². The molecule has 28 heavy (non-hydrogen) atoms. The molecule has 2 saturated heterocycles. The normalized spacial score (nSPS) is 25.0. The first-order valence-electron chi connectivity index (χ1n) is 10.2. The molecule has 2 amide bonds. The molecule has 2 aliphatic rings. The molecule has 3 rings (SSSR count). The number of nitrogens with one attached hydrogen (secondary N) is 1. The zero-order valence-corrected chi connectivity index (χ0v) is 16.6. The van der Waals surface area contributed by atoms with Crippen molar-refractivity contribution < 1.29 is 18.0 Å². The number of urea groups is 1. The minimum absolute atomic E-state index is 0.182. The number of piperidine rings is 2. The molecule has 2 atom stereocenters. The van der Waals surface area contributed by atoms with E-state index < -0.39 is 17.8 Å². The van der Waals surface area contributed by atoms with E-state index in [2.05, 4.69) is 24.1 Å². The number of nitrogens with zero attached hydrogens (tertiary/aromatic N) is 2. The summed E-state index contributed by atoms with van der Waals surface area (Å²) in [6, 6.07) is 4.66. The van der Waals surface area contributed by atoms with Gasteiger partial charge < -0.3 is 15.1 Å². The van der Waals surface area contributed by atoms with Crippen LogP contribution < -0.4 is 5.32 Å². The fourth-order valence-corrected chi connectivity index (χ4v) is 4.66. The zero-order valence-electron chi connectivity index (χ0n) is 16.6. The number of alkyl halides is 3. The Balaban J connectivity index is 1.51. The predicted octanol–water partition coefficient (Wildman–Crippen LogP) is 4.93. The van der Waals surface area contributed by atoms with Gasteiger partial charge in [0.05, 0.1) is 11.3 Å². The van der Waals surface area contributed by atoms with Crippen LogP contribution in [0.1, 0.15) is 38.7 Å². The first-order chi connectivity index (χ1) is 13.2. The fraction of sp³-hybridized carbons (Fsp3) is 0.667. The number of carbonyl (C=O) groups is 1. The zero-order chi connectivity index (χ0) is 20.3. The van der Waals surface area contributed by atoms with E-state index >= 15 is 0 Å². The molecule has 2 heterocycles. The van der Waals surface area contributed by atoms with Crippen molar-refractivity contribution in [2.24, 2.45) is 17.8 Å². The number of hydrogen-bond acceptors (Lipinski definition) is 2. The van der Waals surface area contributed by atoms with Gasteiger partial charge in [0.1, 0.15) is 0 Å². The molecular formula is C21H30F3N3O. The lowest BCUT2D eigenvalue weighted by molar-refractivity contribution is -0.136. The van der Waals surface area contributed by atoms with Crippen LogP contribution in [0, 0.1) is 17.8 Å². The summed E-state index contributed by atoms with van der Waals surface area (Å²) in [5, 5.41) is 2.45. The summed E-state index contributed by atoms with van der Waals surface area (Å²) in [6.45, 7) is 9.11. The third-order valence-electron chi connectivity index (χ3n) is 5.84. The molecule has 0 bridgehead atoms. The molecule has 0 saturated carbocycles. The van der Waals surface area contributed by atoms with Crippen LogP contribution in [0.15, 0.2) is 24.3 Å². The lowest BCUT2D eigenvalue weighted by Gasteiger charge is -2.39. The average molecular weight is 397 g/mol. The molecule has 1 aromatic rings. The summed E-state index contributed by atoms with van der Waals surface area (Å²) in [5.41, 5.74) is -0.995. The Morgan fingerprint density at radius 1 is 1.11 bits per heavy atom. The number of hydrogen-bond donors (Lipinski definition) is 1. The summed E-state index contributed by atoms with van der Waals surface area (Å²) in [4.78, 5) is 16.6. The van der Waals surface area contributed by atoms with Crippen LogP contribution in [0.5, 0.6) is 0 Å². The summed E-state index contributed by atoms with van der Waals surface area (Å²) >= 11 is 0. The van der Waals surface area contributed by atoms with Gasteiger partial charge in [-0.1, -0.05) is 26.0 Å². The smallest absolute Gasteiger partial charge is 0.325 e. The van der Waals surface area contributed by atoms with Crippen LogP contribution in [-0.2, 0) is 6.18 Å². The molecular weight excluding hydrogens is 367 g/mol. The van der Waals surface area contributed by atoms with E-state index in [1.807, 2.05) is 0 Å². The van der Waals surface area contributed by atoms with Crippen molar-refractivity contribution in [2.75, 3.05) is 38.0 Å². The van der Waals surface area contributed by atoms with Crippen LogP contribution in [0.25, 0.3) is 0 Å². The molecule has 0 aliphatic carbocycles. The number of rotatable bonds is 3. The van der Waals surface area contributed by atoms with Crippen molar-refractivity contribution in [3.05, 3.63) is 29.8 Å². The monoisotopic (exact) mass is 397 g/mol. The van der Waals surface area contributed by atoms with Crippen molar-refractivity contribution >= 4 is 11.7 Å². The van der Waals surface area contributed by atoms with E-state index in [0.717, 1.165) is 50.4 Å². The van der Waals surface area contributed by atoms with Crippen LogP contribution in [0.4, 0.5) is 23.7 Å². The topological polar surface area (TPSA) is 35.6 Å². The first kappa shape index (κ1) is 21.0. The van der Waals surface area contributed by atoms with Gasteiger partial charge in [-0.3, -0.25) is 0 Å². The fourth-order valence-electron chi connectivity index (χ4n) is 4.66.